The smallest absolute Gasteiger partial charge is 0.348 e. The number of benzene rings is 2. The highest BCUT2D eigenvalue weighted by molar-refractivity contribution is 8.01. The summed E-state index contributed by atoms with van der Waals surface area (Å²) < 4.78 is 16.1. The highest BCUT2D eigenvalue weighted by atomic mass is 32.2. The molecule has 2 aromatic carbocycles. The van der Waals surface area contributed by atoms with E-state index in [9.17, 15) is 14.1 Å². The molecule has 0 amide bonds. The molecule has 3 rings (SSSR count). The summed E-state index contributed by atoms with van der Waals surface area (Å²) >= 11 is 1.15. The largest absolute Gasteiger partial charge is 0.477 e. The van der Waals surface area contributed by atoms with Crippen molar-refractivity contribution in [2.45, 2.75) is 37.5 Å². The van der Waals surface area contributed by atoms with Crippen molar-refractivity contribution in [3.8, 4) is 10.4 Å². The number of aryl methyl sites for hydroxylation is 1. The minimum Gasteiger partial charge on any atom is -0.477 e. The first-order chi connectivity index (χ1) is 13.9. The second-order valence-corrected chi connectivity index (χ2v) is 9.98. The molecule has 6 heteroatoms. The first kappa shape index (κ1) is 21.1. The van der Waals surface area contributed by atoms with E-state index in [2.05, 4.69) is 17.5 Å². The minimum atomic E-state index is -2.89. The maximum atomic E-state index is 13.2. The molecule has 1 heterocycles. The van der Waals surface area contributed by atoms with Gasteiger partial charge in [-0.1, -0.05) is 62.2 Å². The Morgan fingerprint density at radius 2 is 1.79 bits per heavy atom. The molecule has 0 saturated heterocycles. The second kappa shape index (κ2) is 9.29. The summed E-state index contributed by atoms with van der Waals surface area (Å²) in [5, 5.41) is 9.59. The van der Waals surface area contributed by atoms with E-state index in [-0.39, 0.29) is 4.88 Å². The fraction of sp³-hybridized carbons (Fsp3) is 0.217. The molecular weight excluding hydrogens is 402 g/mol. The Bertz CT molecular complexity index is 1070. The van der Waals surface area contributed by atoms with Crippen molar-refractivity contribution in [3.05, 3.63) is 71.1 Å². The predicted molar refractivity (Wildman–Crippen MR) is 124 cm³/mol. The van der Waals surface area contributed by atoms with Crippen LogP contribution in [0.1, 0.15) is 41.4 Å². The lowest BCUT2D eigenvalue weighted by molar-refractivity contribution is 0.0703. The molecule has 3 aromatic rings. The molecule has 1 aromatic heterocycles. The van der Waals surface area contributed by atoms with Crippen LogP contribution in [0.4, 0.5) is 5.69 Å². The Morgan fingerprint density at radius 1 is 1.10 bits per heavy atom. The molecule has 0 saturated carbocycles. The first-order valence-electron chi connectivity index (χ1n) is 9.57. The van der Waals surface area contributed by atoms with Crippen LogP contribution in [0.25, 0.3) is 10.4 Å². The van der Waals surface area contributed by atoms with Gasteiger partial charge in [0.15, 0.2) is 0 Å². The number of hydrogen-bond acceptors (Lipinski definition) is 3. The molecule has 0 aliphatic heterocycles. The van der Waals surface area contributed by atoms with Crippen LogP contribution in [0.15, 0.2) is 65.6 Å². The standard InChI is InChI=1S/C23H25NO3S2/c1-3-4-6-9-17-12-14-19(15-13-17)29(2,27)24-20-16-21(28-22(20)23(25)26)18-10-7-5-8-11-18/h5,7-8,10-16H,2-4,6,9H2,1H3,(H,24,27)(H,25,26). The lowest BCUT2D eigenvalue weighted by atomic mass is 10.1. The maximum Gasteiger partial charge on any atom is 0.348 e. The molecule has 0 spiro atoms. The van der Waals surface area contributed by atoms with E-state index in [0.717, 1.165) is 34.6 Å². The van der Waals surface area contributed by atoms with E-state index in [1.807, 2.05) is 54.6 Å². The Morgan fingerprint density at radius 3 is 2.41 bits per heavy atom. The third kappa shape index (κ3) is 5.28. The second-order valence-electron chi connectivity index (χ2n) is 6.90. The average Bonchev–Trinajstić information content (AvgIpc) is 3.13. The van der Waals surface area contributed by atoms with Crippen LogP contribution >= 0.6 is 11.3 Å². The van der Waals surface area contributed by atoms with Gasteiger partial charge in [-0.25, -0.2) is 9.00 Å². The van der Waals surface area contributed by atoms with Crippen LogP contribution in [0.2, 0.25) is 0 Å². The first-order valence-corrected chi connectivity index (χ1v) is 12.1. The highest BCUT2D eigenvalue weighted by Gasteiger charge is 2.19. The number of carboxylic acids is 1. The fourth-order valence-electron chi connectivity index (χ4n) is 3.06. The van der Waals surface area contributed by atoms with Gasteiger partial charge in [-0.3, -0.25) is 0 Å². The monoisotopic (exact) mass is 427 g/mol. The van der Waals surface area contributed by atoms with Gasteiger partial charge in [0.1, 0.15) is 4.88 Å². The maximum absolute atomic E-state index is 13.2. The fourth-order valence-corrected chi connectivity index (χ4v) is 5.29. The lowest BCUT2D eigenvalue weighted by Crippen LogP contribution is -2.14. The Labute approximate surface area is 176 Å². The van der Waals surface area contributed by atoms with Crippen molar-refractivity contribution in [2.24, 2.45) is 0 Å². The third-order valence-corrected chi connectivity index (χ3v) is 7.39. The van der Waals surface area contributed by atoms with E-state index in [0.29, 0.717) is 10.6 Å². The molecule has 0 bridgehead atoms. The zero-order chi connectivity index (χ0) is 20.9. The number of thiophene rings is 1. The van der Waals surface area contributed by atoms with E-state index in [4.69, 9.17) is 0 Å². The molecule has 0 aliphatic rings. The molecule has 2 N–H and O–H groups in total. The third-order valence-electron chi connectivity index (χ3n) is 4.63. The molecule has 0 aliphatic carbocycles. The Balaban J connectivity index is 1.84. The number of anilines is 1. The molecule has 0 fully saturated rings. The summed E-state index contributed by atoms with van der Waals surface area (Å²) in [4.78, 5) is 13.2. The molecule has 1 unspecified atom stereocenters. The van der Waals surface area contributed by atoms with Gasteiger partial charge in [0.25, 0.3) is 0 Å². The highest BCUT2D eigenvalue weighted by Crippen LogP contribution is 2.35. The van der Waals surface area contributed by atoms with Gasteiger partial charge in [-0.2, -0.15) is 0 Å². The van der Waals surface area contributed by atoms with Gasteiger partial charge >= 0.3 is 5.97 Å². The van der Waals surface area contributed by atoms with Gasteiger partial charge in [0, 0.05) is 9.77 Å². The van der Waals surface area contributed by atoms with Gasteiger partial charge < -0.3 is 9.83 Å². The van der Waals surface area contributed by atoms with Gasteiger partial charge in [0.2, 0.25) is 0 Å². The van der Waals surface area contributed by atoms with E-state index in [1.54, 1.807) is 6.07 Å². The van der Waals surface area contributed by atoms with Gasteiger partial charge in [-0.15, -0.1) is 11.3 Å². The van der Waals surface area contributed by atoms with Crippen LogP contribution in [-0.2, 0) is 16.1 Å². The van der Waals surface area contributed by atoms with Crippen molar-refractivity contribution in [3.63, 3.8) is 0 Å². The number of hydrogen-bond donors (Lipinski definition) is 2. The Hall–Kier alpha value is -2.57. The summed E-state index contributed by atoms with van der Waals surface area (Å²) in [5.74, 6) is 2.80. The van der Waals surface area contributed by atoms with Crippen LogP contribution in [0, 0.1) is 0 Å². The summed E-state index contributed by atoms with van der Waals surface area (Å²) in [6.45, 7) is 2.17. The zero-order valence-corrected chi connectivity index (χ0v) is 18.0. The lowest BCUT2D eigenvalue weighted by Gasteiger charge is -2.13. The normalized spacial score (nSPS) is 13.0. The predicted octanol–water partition coefficient (Wildman–Crippen LogP) is 5.95. The van der Waals surface area contributed by atoms with Gasteiger partial charge in [-0.05, 0) is 48.0 Å². The van der Waals surface area contributed by atoms with Crippen LogP contribution in [0.5, 0.6) is 0 Å². The minimum absolute atomic E-state index is 0.122. The number of carbonyl (C=O) groups is 1. The van der Waals surface area contributed by atoms with Crippen molar-refractivity contribution in [1.82, 2.24) is 0 Å². The summed E-state index contributed by atoms with van der Waals surface area (Å²) in [6, 6.07) is 18.8. The van der Waals surface area contributed by atoms with E-state index < -0.39 is 15.7 Å². The number of unbranched alkanes of at least 4 members (excludes halogenated alkanes) is 2. The molecule has 4 nitrogen and oxygen atoms in total. The number of aromatic carboxylic acids is 1. The number of nitrogens with one attached hydrogen (secondary N) is 1. The zero-order valence-electron chi connectivity index (χ0n) is 16.4. The summed E-state index contributed by atoms with van der Waals surface area (Å²) in [6.07, 6.45) is 4.49. The molecular formula is C23H25NO3S2. The molecule has 152 valence electrons. The molecule has 29 heavy (non-hydrogen) atoms. The van der Waals surface area contributed by atoms with Crippen molar-refractivity contribution >= 4 is 38.6 Å². The van der Waals surface area contributed by atoms with Crippen molar-refractivity contribution < 1.29 is 14.1 Å². The topological polar surface area (TPSA) is 66.4 Å². The van der Waals surface area contributed by atoms with Crippen molar-refractivity contribution in [1.29, 1.82) is 0 Å². The van der Waals surface area contributed by atoms with Crippen LogP contribution < -0.4 is 4.72 Å². The average molecular weight is 428 g/mol. The summed E-state index contributed by atoms with van der Waals surface area (Å²) in [7, 11) is -2.89. The Kier molecular flexibility index (Phi) is 6.77. The van der Waals surface area contributed by atoms with Crippen LogP contribution in [-0.4, -0.2) is 21.2 Å². The quantitative estimate of drug-likeness (QED) is 0.328. The van der Waals surface area contributed by atoms with Gasteiger partial charge in [0.05, 0.1) is 15.4 Å². The van der Waals surface area contributed by atoms with Crippen molar-refractivity contribution in [2.75, 3.05) is 4.72 Å². The van der Waals surface area contributed by atoms with E-state index in [1.165, 1.54) is 18.4 Å². The molecule has 0 radical (unpaired) electrons. The van der Waals surface area contributed by atoms with Crippen LogP contribution in [0.3, 0.4) is 0 Å². The summed E-state index contributed by atoms with van der Waals surface area (Å²) in [5.41, 5.74) is 2.44. The number of carboxylic acid groups (broad SMARTS) is 1. The SMILES string of the molecule is C=S(=O)(Nc1cc(-c2ccccc2)sc1C(=O)O)c1ccc(CCCCC)cc1. The number of rotatable bonds is 9. The molecule has 1 atom stereocenters. The van der Waals surface area contributed by atoms with E-state index >= 15 is 0 Å².